The number of hydrogen-bond donors (Lipinski definition) is 1. The SMILES string of the molecule is CC(O)[C@H]1CC[C@@]23O[C@@]2(CC[C@H]2[C@H]3CCC3=CC(=O)CC[C@@]32C)C1. The Balaban J connectivity index is 1.46. The standard InChI is InChI=1S/C21H30O3/c1-13(22)14-5-10-21-18-4-3-15-11-16(23)6-8-19(15,2)17(18)7-9-20(21,12-14)24-21/h11,13-14,17-18,22H,3-10,12H2,1-2H3/t13?,14-,17-,18+,19-,20-,21-/m0/s1. The fourth-order valence-electron chi connectivity index (χ4n) is 7.30. The van der Waals surface area contributed by atoms with Gasteiger partial charge in [0.15, 0.2) is 5.78 Å². The zero-order valence-electron chi connectivity index (χ0n) is 15.0. The van der Waals surface area contributed by atoms with Crippen LogP contribution < -0.4 is 0 Å². The van der Waals surface area contributed by atoms with Crippen LogP contribution in [0.25, 0.3) is 0 Å². The van der Waals surface area contributed by atoms with E-state index in [0.717, 1.165) is 44.9 Å². The molecule has 1 aliphatic heterocycles. The highest BCUT2D eigenvalue weighted by atomic mass is 16.6. The van der Waals surface area contributed by atoms with Gasteiger partial charge in [-0.3, -0.25) is 4.79 Å². The number of epoxide rings is 1. The molecule has 0 bridgehead atoms. The van der Waals surface area contributed by atoms with E-state index in [1.54, 1.807) is 0 Å². The van der Waals surface area contributed by atoms with Crippen molar-refractivity contribution in [2.75, 3.05) is 0 Å². The van der Waals surface area contributed by atoms with Crippen LogP contribution in [0.2, 0.25) is 0 Å². The summed E-state index contributed by atoms with van der Waals surface area (Å²) in [6, 6.07) is 0. The average molecular weight is 330 g/mol. The third-order valence-corrected chi connectivity index (χ3v) is 8.71. The van der Waals surface area contributed by atoms with Crippen LogP contribution in [0.4, 0.5) is 0 Å². The molecule has 3 saturated carbocycles. The molecular formula is C21H30O3. The number of allylic oxidation sites excluding steroid dienone is 2. The maximum atomic E-state index is 11.9. The van der Waals surface area contributed by atoms with Gasteiger partial charge in [0.1, 0.15) is 5.60 Å². The van der Waals surface area contributed by atoms with E-state index in [1.807, 2.05) is 13.0 Å². The molecule has 1 N–H and O–H groups in total. The molecular weight excluding hydrogens is 300 g/mol. The smallest absolute Gasteiger partial charge is 0.155 e. The second-order valence-corrected chi connectivity index (χ2v) is 9.57. The molecule has 1 unspecified atom stereocenters. The zero-order valence-corrected chi connectivity index (χ0v) is 15.0. The van der Waals surface area contributed by atoms with Crippen molar-refractivity contribution in [2.24, 2.45) is 23.2 Å². The molecule has 3 nitrogen and oxygen atoms in total. The number of aliphatic hydroxyl groups is 1. The lowest BCUT2D eigenvalue weighted by atomic mass is 9.47. The lowest BCUT2D eigenvalue weighted by Crippen LogP contribution is -2.54. The van der Waals surface area contributed by atoms with Gasteiger partial charge in [0.05, 0.1) is 11.7 Å². The average Bonchev–Trinajstić information content (AvgIpc) is 3.25. The summed E-state index contributed by atoms with van der Waals surface area (Å²) in [5.41, 5.74) is 1.85. The molecule has 24 heavy (non-hydrogen) atoms. The predicted molar refractivity (Wildman–Crippen MR) is 91.4 cm³/mol. The van der Waals surface area contributed by atoms with Gasteiger partial charge >= 0.3 is 0 Å². The topological polar surface area (TPSA) is 49.8 Å². The van der Waals surface area contributed by atoms with Gasteiger partial charge in [-0.05, 0) is 87.5 Å². The Morgan fingerprint density at radius 3 is 2.79 bits per heavy atom. The quantitative estimate of drug-likeness (QED) is 0.744. The predicted octanol–water partition coefficient (Wildman–Crippen LogP) is 3.79. The Bertz CT molecular complexity index is 623. The molecule has 0 aromatic carbocycles. The second-order valence-electron chi connectivity index (χ2n) is 9.57. The van der Waals surface area contributed by atoms with Crippen molar-refractivity contribution in [3.8, 4) is 0 Å². The first-order valence-electron chi connectivity index (χ1n) is 10.0. The maximum Gasteiger partial charge on any atom is 0.155 e. The van der Waals surface area contributed by atoms with Crippen molar-refractivity contribution in [1.82, 2.24) is 0 Å². The summed E-state index contributed by atoms with van der Waals surface area (Å²) < 4.78 is 6.61. The third-order valence-electron chi connectivity index (χ3n) is 8.71. The Morgan fingerprint density at radius 2 is 2.00 bits per heavy atom. The minimum absolute atomic E-state index is 0.0795. The molecule has 4 fully saturated rings. The molecule has 1 saturated heterocycles. The molecule has 0 spiro atoms. The van der Waals surface area contributed by atoms with Crippen molar-refractivity contribution in [3.63, 3.8) is 0 Å². The Labute approximate surface area is 144 Å². The fourth-order valence-corrected chi connectivity index (χ4v) is 7.30. The summed E-state index contributed by atoms with van der Waals surface area (Å²) >= 11 is 0. The summed E-state index contributed by atoms with van der Waals surface area (Å²) in [6.45, 7) is 4.37. The number of carbonyl (C=O) groups excluding carboxylic acids is 1. The van der Waals surface area contributed by atoms with Gasteiger partial charge in [-0.2, -0.15) is 0 Å². The molecule has 0 aromatic heterocycles. The number of fused-ring (bicyclic) bond motifs is 3. The monoisotopic (exact) mass is 330 g/mol. The molecule has 0 radical (unpaired) electrons. The normalized spacial score (nSPS) is 53.9. The van der Waals surface area contributed by atoms with Crippen molar-refractivity contribution < 1.29 is 14.6 Å². The van der Waals surface area contributed by atoms with E-state index in [0.29, 0.717) is 23.5 Å². The number of ether oxygens (including phenoxy) is 1. The number of rotatable bonds is 1. The third kappa shape index (κ3) is 1.78. The first-order chi connectivity index (χ1) is 11.4. The highest BCUT2D eigenvalue weighted by Gasteiger charge is 2.78. The van der Waals surface area contributed by atoms with Gasteiger partial charge in [-0.25, -0.2) is 0 Å². The molecule has 3 heteroatoms. The first-order valence-corrected chi connectivity index (χ1v) is 10.0. The van der Waals surface area contributed by atoms with Gasteiger partial charge in [0.2, 0.25) is 0 Å². The molecule has 7 atom stereocenters. The van der Waals surface area contributed by atoms with Crippen LogP contribution in [0.3, 0.4) is 0 Å². The van der Waals surface area contributed by atoms with E-state index in [4.69, 9.17) is 4.74 Å². The van der Waals surface area contributed by atoms with Crippen LogP contribution in [0.1, 0.15) is 71.6 Å². The van der Waals surface area contributed by atoms with E-state index in [9.17, 15) is 9.90 Å². The van der Waals surface area contributed by atoms with Crippen LogP contribution in [0.5, 0.6) is 0 Å². The summed E-state index contributed by atoms with van der Waals surface area (Å²) in [5.74, 6) is 2.10. The van der Waals surface area contributed by atoms with E-state index in [1.165, 1.54) is 18.4 Å². The Kier molecular flexibility index (Phi) is 3.07. The Morgan fingerprint density at radius 1 is 1.17 bits per heavy atom. The van der Waals surface area contributed by atoms with Crippen molar-refractivity contribution in [1.29, 1.82) is 0 Å². The van der Waals surface area contributed by atoms with Gasteiger partial charge in [0, 0.05) is 6.42 Å². The summed E-state index contributed by atoms with van der Waals surface area (Å²) in [6.07, 6.45) is 11.5. The van der Waals surface area contributed by atoms with Crippen LogP contribution >= 0.6 is 0 Å². The molecule has 0 amide bonds. The second kappa shape index (κ2) is 4.73. The lowest BCUT2D eigenvalue weighted by molar-refractivity contribution is -0.116. The first kappa shape index (κ1) is 15.6. The number of hydrogen-bond acceptors (Lipinski definition) is 3. The highest BCUT2D eigenvalue weighted by Crippen LogP contribution is 2.73. The van der Waals surface area contributed by atoms with Gasteiger partial charge in [-0.15, -0.1) is 0 Å². The number of ketones is 1. The summed E-state index contributed by atoms with van der Waals surface area (Å²) in [5, 5.41) is 10.1. The number of aliphatic hydroxyl groups excluding tert-OH is 1. The van der Waals surface area contributed by atoms with Crippen LogP contribution in [-0.2, 0) is 9.53 Å². The molecule has 5 rings (SSSR count). The Hall–Kier alpha value is -0.670. The van der Waals surface area contributed by atoms with Crippen LogP contribution in [-0.4, -0.2) is 28.2 Å². The minimum Gasteiger partial charge on any atom is -0.393 e. The molecule has 1 heterocycles. The summed E-state index contributed by atoms with van der Waals surface area (Å²) in [7, 11) is 0. The molecule has 4 aliphatic carbocycles. The van der Waals surface area contributed by atoms with Crippen molar-refractivity contribution >= 4 is 5.78 Å². The van der Waals surface area contributed by atoms with E-state index in [-0.39, 0.29) is 22.7 Å². The van der Waals surface area contributed by atoms with Crippen molar-refractivity contribution in [3.05, 3.63) is 11.6 Å². The zero-order chi connectivity index (χ0) is 16.7. The largest absolute Gasteiger partial charge is 0.393 e. The molecule has 0 aromatic rings. The highest BCUT2D eigenvalue weighted by molar-refractivity contribution is 5.91. The van der Waals surface area contributed by atoms with Gasteiger partial charge in [-0.1, -0.05) is 12.5 Å². The van der Waals surface area contributed by atoms with Crippen LogP contribution in [0.15, 0.2) is 11.6 Å². The van der Waals surface area contributed by atoms with E-state index in [2.05, 4.69) is 6.92 Å². The maximum absolute atomic E-state index is 11.9. The summed E-state index contributed by atoms with van der Waals surface area (Å²) in [4.78, 5) is 11.9. The fraction of sp³-hybridized carbons (Fsp3) is 0.857. The van der Waals surface area contributed by atoms with Crippen molar-refractivity contribution in [2.45, 2.75) is 88.9 Å². The lowest BCUT2D eigenvalue weighted by Gasteiger charge is -2.55. The molecule has 132 valence electrons. The van der Waals surface area contributed by atoms with Crippen LogP contribution in [0, 0.1) is 23.2 Å². The number of carbonyl (C=O) groups is 1. The van der Waals surface area contributed by atoms with Gasteiger partial charge in [0.25, 0.3) is 0 Å². The van der Waals surface area contributed by atoms with E-state index >= 15 is 0 Å². The van der Waals surface area contributed by atoms with E-state index < -0.39 is 0 Å². The molecule has 5 aliphatic rings. The minimum atomic E-state index is -0.206. The van der Waals surface area contributed by atoms with Gasteiger partial charge < -0.3 is 9.84 Å².